The van der Waals surface area contributed by atoms with Gasteiger partial charge in [0, 0.05) is 5.56 Å². The van der Waals surface area contributed by atoms with Gasteiger partial charge in [-0.2, -0.15) is 5.26 Å². The molecule has 5 heteroatoms. The Labute approximate surface area is 119 Å². The molecule has 0 atom stereocenters. The van der Waals surface area contributed by atoms with Crippen molar-refractivity contribution in [1.82, 2.24) is 0 Å². The number of thiophene rings is 1. The molecule has 0 saturated heterocycles. The molecule has 0 amide bonds. The van der Waals surface area contributed by atoms with Crippen LogP contribution in [0.1, 0.15) is 16.0 Å². The van der Waals surface area contributed by atoms with Gasteiger partial charge in [0.15, 0.2) is 0 Å². The molecule has 3 nitrogen and oxygen atoms in total. The second kappa shape index (κ2) is 6.72. The molecule has 2 rings (SSSR count). The molecule has 100 valence electrons. The Balaban J connectivity index is 2.16. The highest BCUT2D eigenvalue weighted by Gasteiger charge is 2.10. The van der Waals surface area contributed by atoms with Gasteiger partial charge >= 0.3 is 0 Å². The molecule has 0 aliphatic carbocycles. The van der Waals surface area contributed by atoms with Crippen LogP contribution < -0.4 is 4.74 Å². The molecule has 0 aliphatic heterocycles. The van der Waals surface area contributed by atoms with Crippen molar-refractivity contribution in [1.29, 1.82) is 5.26 Å². The minimum atomic E-state index is -0.600. The summed E-state index contributed by atoms with van der Waals surface area (Å²) in [5, 5.41) is 19.5. The quantitative estimate of drug-likeness (QED) is 0.883. The highest BCUT2D eigenvalue weighted by atomic mass is 32.1. The Kier molecular flexibility index (Phi) is 4.73. The zero-order valence-electron chi connectivity index (χ0n) is 10.4. The van der Waals surface area contributed by atoms with Gasteiger partial charge in [-0.15, -0.1) is 11.3 Å². The molecule has 1 heterocycles. The molecule has 0 fully saturated rings. The number of hydrogen-bond donors (Lipinski definition) is 1. The van der Waals surface area contributed by atoms with E-state index in [0.717, 1.165) is 10.4 Å². The third kappa shape index (κ3) is 3.16. The first kappa shape index (κ1) is 14.1. The molecular formula is C15H10FNO2S. The van der Waals surface area contributed by atoms with Crippen molar-refractivity contribution in [2.75, 3.05) is 6.61 Å². The van der Waals surface area contributed by atoms with Crippen LogP contribution in [0, 0.1) is 29.0 Å². The predicted octanol–water partition coefficient (Wildman–Crippen LogP) is 2.68. The summed E-state index contributed by atoms with van der Waals surface area (Å²) in [6.45, 7) is -0.0101. The number of aliphatic hydroxyl groups excluding tert-OH is 1. The SMILES string of the molecule is N#Cc1c(F)cccc1OCc1sccc1C#CCO. The fourth-order valence-electron chi connectivity index (χ4n) is 1.57. The topological polar surface area (TPSA) is 53.2 Å². The van der Waals surface area contributed by atoms with Crippen LogP contribution >= 0.6 is 11.3 Å². The van der Waals surface area contributed by atoms with E-state index >= 15 is 0 Å². The van der Waals surface area contributed by atoms with Gasteiger partial charge in [0.1, 0.15) is 36.4 Å². The number of nitrogens with zero attached hydrogens (tertiary/aromatic N) is 1. The smallest absolute Gasteiger partial charge is 0.144 e. The van der Waals surface area contributed by atoms with Gasteiger partial charge < -0.3 is 9.84 Å². The molecule has 0 spiro atoms. The second-order valence-electron chi connectivity index (χ2n) is 3.73. The average molecular weight is 287 g/mol. The van der Waals surface area contributed by atoms with Crippen molar-refractivity contribution in [3.05, 3.63) is 51.5 Å². The van der Waals surface area contributed by atoms with E-state index in [9.17, 15) is 4.39 Å². The fraction of sp³-hybridized carbons (Fsp3) is 0.133. The largest absolute Gasteiger partial charge is 0.487 e. The summed E-state index contributed by atoms with van der Waals surface area (Å²) in [6.07, 6.45) is 0. The highest BCUT2D eigenvalue weighted by molar-refractivity contribution is 7.10. The first-order valence-corrected chi connectivity index (χ1v) is 6.61. The molecule has 2 aromatic rings. The second-order valence-corrected chi connectivity index (χ2v) is 4.73. The summed E-state index contributed by atoms with van der Waals surface area (Å²) in [4.78, 5) is 0.860. The lowest BCUT2D eigenvalue weighted by Crippen LogP contribution is -1.98. The summed E-state index contributed by atoms with van der Waals surface area (Å²) in [7, 11) is 0. The Morgan fingerprint density at radius 2 is 2.20 bits per heavy atom. The van der Waals surface area contributed by atoms with Crippen molar-refractivity contribution >= 4 is 11.3 Å². The molecule has 0 unspecified atom stereocenters. The van der Waals surface area contributed by atoms with Crippen LogP contribution in [0.4, 0.5) is 4.39 Å². The molecule has 0 radical (unpaired) electrons. The van der Waals surface area contributed by atoms with Gasteiger partial charge in [-0.05, 0) is 23.6 Å². The normalized spacial score (nSPS) is 9.45. The number of ether oxygens (including phenoxy) is 1. The molecule has 0 saturated carbocycles. The highest BCUT2D eigenvalue weighted by Crippen LogP contribution is 2.23. The monoisotopic (exact) mass is 287 g/mol. The Morgan fingerprint density at radius 3 is 2.95 bits per heavy atom. The zero-order valence-corrected chi connectivity index (χ0v) is 11.2. The van der Waals surface area contributed by atoms with E-state index in [4.69, 9.17) is 15.1 Å². The number of benzene rings is 1. The Bertz CT molecular complexity index is 707. The van der Waals surface area contributed by atoms with Crippen LogP contribution in [0.2, 0.25) is 0 Å². The number of aliphatic hydroxyl groups is 1. The average Bonchev–Trinajstić information content (AvgIpc) is 2.90. The lowest BCUT2D eigenvalue weighted by atomic mass is 10.2. The summed E-state index contributed by atoms with van der Waals surface area (Å²) < 4.78 is 18.9. The van der Waals surface area contributed by atoms with E-state index in [2.05, 4.69) is 11.8 Å². The number of halogens is 1. The van der Waals surface area contributed by atoms with E-state index in [1.54, 1.807) is 12.1 Å². The van der Waals surface area contributed by atoms with Crippen LogP contribution in [0.15, 0.2) is 29.6 Å². The minimum absolute atomic E-state index is 0.105. The summed E-state index contributed by atoms with van der Waals surface area (Å²) in [6, 6.07) is 7.87. The van der Waals surface area contributed by atoms with Crippen molar-refractivity contribution in [2.24, 2.45) is 0 Å². The zero-order chi connectivity index (χ0) is 14.4. The maximum atomic E-state index is 13.4. The van der Waals surface area contributed by atoms with Crippen molar-refractivity contribution in [3.8, 4) is 23.7 Å². The van der Waals surface area contributed by atoms with E-state index in [1.807, 2.05) is 11.4 Å². The maximum Gasteiger partial charge on any atom is 0.144 e. The molecule has 0 bridgehead atoms. The van der Waals surface area contributed by atoms with Crippen molar-refractivity contribution in [2.45, 2.75) is 6.61 Å². The van der Waals surface area contributed by atoms with E-state index < -0.39 is 5.82 Å². The van der Waals surface area contributed by atoms with E-state index in [1.165, 1.54) is 23.5 Å². The predicted molar refractivity (Wildman–Crippen MR) is 73.7 cm³/mol. The van der Waals surface area contributed by atoms with Gasteiger partial charge in [0.25, 0.3) is 0 Å². The van der Waals surface area contributed by atoms with Crippen LogP contribution in [-0.4, -0.2) is 11.7 Å². The molecular weight excluding hydrogens is 277 g/mol. The lowest BCUT2D eigenvalue weighted by molar-refractivity contribution is 0.307. The first-order valence-electron chi connectivity index (χ1n) is 5.73. The van der Waals surface area contributed by atoms with Gasteiger partial charge in [0.2, 0.25) is 0 Å². The molecule has 1 N–H and O–H groups in total. The molecule has 20 heavy (non-hydrogen) atoms. The summed E-state index contributed by atoms with van der Waals surface area (Å²) in [5.74, 6) is 4.99. The van der Waals surface area contributed by atoms with Gasteiger partial charge in [0.05, 0.1) is 4.88 Å². The van der Waals surface area contributed by atoms with E-state index in [0.29, 0.717) is 0 Å². The Hall–Kier alpha value is -2.34. The third-order valence-electron chi connectivity index (χ3n) is 2.49. The molecule has 0 aliphatic rings. The maximum absolute atomic E-state index is 13.4. The van der Waals surface area contributed by atoms with Crippen LogP contribution in [0.3, 0.4) is 0 Å². The van der Waals surface area contributed by atoms with E-state index in [-0.39, 0.29) is 24.5 Å². The minimum Gasteiger partial charge on any atom is -0.487 e. The van der Waals surface area contributed by atoms with Crippen molar-refractivity contribution in [3.63, 3.8) is 0 Å². The first-order chi connectivity index (χ1) is 9.76. The standard InChI is InChI=1S/C15H10FNO2S/c16-13-4-1-5-14(12(13)9-17)19-10-15-11(3-2-7-18)6-8-20-15/h1,4-6,8,18H,7,10H2. The van der Waals surface area contributed by atoms with Crippen LogP contribution in [0.25, 0.3) is 0 Å². The van der Waals surface area contributed by atoms with Gasteiger partial charge in [-0.25, -0.2) is 4.39 Å². The lowest BCUT2D eigenvalue weighted by Gasteiger charge is -2.07. The molecule has 1 aromatic carbocycles. The number of rotatable bonds is 3. The summed E-state index contributed by atoms with van der Waals surface area (Å²) in [5.41, 5.74) is 0.658. The number of nitriles is 1. The summed E-state index contributed by atoms with van der Waals surface area (Å²) >= 11 is 1.45. The van der Waals surface area contributed by atoms with Crippen LogP contribution in [0.5, 0.6) is 5.75 Å². The van der Waals surface area contributed by atoms with Crippen molar-refractivity contribution < 1.29 is 14.2 Å². The van der Waals surface area contributed by atoms with Gasteiger partial charge in [-0.1, -0.05) is 17.9 Å². The van der Waals surface area contributed by atoms with Gasteiger partial charge in [-0.3, -0.25) is 0 Å². The van der Waals surface area contributed by atoms with Crippen LogP contribution in [-0.2, 0) is 6.61 Å². The third-order valence-corrected chi connectivity index (χ3v) is 3.39. The number of hydrogen-bond acceptors (Lipinski definition) is 4. The molecule has 1 aromatic heterocycles. The fourth-order valence-corrected chi connectivity index (χ4v) is 2.32. The Morgan fingerprint density at radius 1 is 1.35 bits per heavy atom.